The molecule has 3 rings (SSSR count). The van der Waals surface area contributed by atoms with E-state index >= 15 is 0 Å². The van der Waals surface area contributed by atoms with E-state index in [2.05, 4.69) is 5.32 Å². The first kappa shape index (κ1) is 15.5. The van der Waals surface area contributed by atoms with Crippen LogP contribution in [0.25, 0.3) is 11.3 Å². The lowest BCUT2D eigenvalue weighted by molar-refractivity contribution is 0.0997. The molecule has 0 unspecified atom stereocenters. The molecule has 0 saturated carbocycles. The number of nitrogens with one attached hydrogen (secondary N) is 1. The van der Waals surface area contributed by atoms with Gasteiger partial charge in [-0.05, 0) is 42.5 Å². The summed E-state index contributed by atoms with van der Waals surface area (Å²) in [6, 6.07) is 15.3. The summed E-state index contributed by atoms with van der Waals surface area (Å²) in [7, 11) is 0. The van der Waals surface area contributed by atoms with Gasteiger partial charge in [-0.2, -0.15) is 0 Å². The van der Waals surface area contributed by atoms with Gasteiger partial charge >= 0.3 is 0 Å². The lowest BCUT2D eigenvalue weighted by Gasteiger charge is -2.06. The van der Waals surface area contributed by atoms with Crippen LogP contribution < -0.4 is 11.1 Å². The predicted molar refractivity (Wildman–Crippen MR) is 93.0 cm³/mol. The lowest BCUT2D eigenvalue weighted by atomic mass is 10.2. The third kappa shape index (κ3) is 3.50. The van der Waals surface area contributed by atoms with E-state index in [0.29, 0.717) is 32.7 Å². The van der Waals surface area contributed by atoms with Gasteiger partial charge in [-0.15, -0.1) is 0 Å². The summed E-state index contributed by atoms with van der Waals surface area (Å²) in [5.41, 5.74) is 7.51. The van der Waals surface area contributed by atoms with Gasteiger partial charge in [0.1, 0.15) is 5.76 Å². The zero-order valence-electron chi connectivity index (χ0n) is 11.8. The number of rotatable bonds is 3. The molecule has 2 aromatic carbocycles. The molecule has 4 nitrogen and oxygen atoms in total. The summed E-state index contributed by atoms with van der Waals surface area (Å²) in [6.07, 6.45) is 0. The van der Waals surface area contributed by atoms with Crippen molar-refractivity contribution in [2.24, 2.45) is 0 Å². The second kappa shape index (κ2) is 6.36. The first-order valence-electron chi connectivity index (χ1n) is 6.75. The van der Waals surface area contributed by atoms with Gasteiger partial charge in [-0.25, -0.2) is 0 Å². The number of nitrogen functional groups attached to an aromatic ring is 1. The van der Waals surface area contributed by atoms with E-state index < -0.39 is 0 Å². The molecule has 23 heavy (non-hydrogen) atoms. The lowest BCUT2D eigenvalue weighted by Crippen LogP contribution is -2.12. The number of amides is 1. The van der Waals surface area contributed by atoms with Crippen molar-refractivity contribution in [1.29, 1.82) is 0 Å². The van der Waals surface area contributed by atoms with Crippen LogP contribution in [0.3, 0.4) is 0 Å². The van der Waals surface area contributed by atoms with Crippen molar-refractivity contribution in [3.8, 4) is 11.3 Å². The molecule has 0 atom stereocenters. The third-order valence-electron chi connectivity index (χ3n) is 3.19. The van der Waals surface area contributed by atoms with Gasteiger partial charge < -0.3 is 15.5 Å². The van der Waals surface area contributed by atoms with Crippen LogP contribution in [0.15, 0.2) is 59.0 Å². The van der Waals surface area contributed by atoms with Crippen molar-refractivity contribution >= 4 is 40.5 Å². The van der Waals surface area contributed by atoms with E-state index in [9.17, 15) is 4.79 Å². The Bertz CT molecular complexity index is 854. The highest BCUT2D eigenvalue weighted by Gasteiger charge is 2.14. The van der Waals surface area contributed by atoms with Crippen LogP contribution in [0, 0.1) is 0 Å². The number of benzene rings is 2. The average Bonchev–Trinajstić information content (AvgIpc) is 2.98. The maximum Gasteiger partial charge on any atom is 0.291 e. The van der Waals surface area contributed by atoms with Gasteiger partial charge in [0, 0.05) is 15.6 Å². The second-order valence-corrected chi connectivity index (χ2v) is 5.74. The number of carbonyl (C=O) groups is 1. The summed E-state index contributed by atoms with van der Waals surface area (Å²) in [6.45, 7) is 0. The molecule has 3 N–H and O–H groups in total. The van der Waals surface area contributed by atoms with Crippen molar-refractivity contribution in [2.45, 2.75) is 0 Å². The first-order valence-corrected chi connectivity index (χ1v) is 7.51. The molecule has 1 aromatic heterocycles. The Morgan fingerprint density at radius 1 is 1.00 bits per heavy atom. The van der Waals surface area contributed by atoms with Crippen LogP contribution >= 0.6 is 23.2 Å². The minimum Gasteiger partial charge on any atom is -0.451 e. The first-order chi connectivity index (χ1) is 11.0. The molecule has 6 heteroatoms. The maximum atomic E-state index is 12.2. The van der Waals surface area contributed by atoms with Crippen LogP contribution in [-0.4, -0.2) is 5.91 Å². The minimum atomic E-state index is -0.387. The second-order valence-electron chi connectivity index (χ2n) is 4.86. The topological polar surface area (TPSA) is 68.3 Å². The standard InChI is InChI=1S/C17H12Cl2N2O2/c18-11-7-10(8-12(19)9-11)15-5-6-16(23-15)17(22)21-14-4-2-1-3-13(14)20/h1-9H,20H2,(H,21,22). The van der Waals surface area contributed by atoms with Crippen molar-refractivity contribution < 1.29 is 9.21 Å². The van der Waals surface area contributed by atoms with Crippen LogP contribution in [-0.2, 0) is 0 Å². The number of carbonyl (C=O) groups excluding carboxylic acids is 1. The molecule has 0 radical (unpaired) electrons. The van der Waals surface area contributed by atoms with Crippen molar-refractivity contribution in [3.05, 3.63) is 70.4 Å². The largest absolute Gasteiger partial charge is 0.451 e. The number of anilines is 2. The van der Waals surface area contributed by atoms with Crippen LogP contribution in [0.4, 0.5) is 11.4 Å². The summed E-state index contributed by atoms with van der Waals surface area (Å²) in [5.74, 6) is 0.280. The molecule has 0 aliphatic rings. The number of nitrogens with two attached hydrogens (primary N) is 1. The molecule has 3 aromatic rings. The number of furan rings is 1. The fourth-order valence-electron chi connectivity index (χ4n) is 2.11. The van der Waals surface area contributed by atoms with Crippen LogP contribution in [0.5, 0.6) is 0 Å². The van der Waals surface area contributed by atoms with Gasteiger partial charge in [-0.3, -0.25) is 4.79 Å². The highest BCUT2D eigenvalue weighted by molar-refractivity contribution is 6.35. The molecule has 0 spiro atoms. The molecule has 1 heterocycles. The van der Waals surface area contributed by atoms with Gasteiger partial charge in [0.05, 0.1) is 11.4 Å². The zero-order chi connectivity index (χ0) is 16.4. The fourth-order valence-corrected chi connectivity index (χ4v) is 2.63. The quantitative estimate of drug-likeness (QED) is 0.649. The van der Waals surface area contributed by atoms with Crippen molar-refractivity contribution in [1.82, 2.24) is 0 Å². The predicted octanol–water partition coefficient (Wildman–Crippen LogP) is 5.09. The Balaban J connectivity index is 1.84. The van der Waals surface area contributed by atoms with Gasteiger partial charge in [0.15, 0.2) is 5.76 Å². The van der Waals surface area contributed by atoms with Crippen molar-refractivity contribution in [2.75, 3.05) is 11.1 Å². The summed E-state index contributed by atoms with van der Waals surface area (Å²) >= 11 is 11.9. The van der Waals surface area contributed by atoms with E-state index in [1.54, 1.807) is 54.6 Å². The van der Waals surface area contributed by atoms with Gasteiger partial charge in [0.25, 0.3) is 5.91 Å². The monoisotopic (exact) mass is 346 g/mol. The Hall–Kier alpha value is -2.43. The molecule has 0 saturated heterocycles. The Kier molecular flexibility index (Phi) is 4.28. The highest BCUT2D eigenvalue weighted by Crippen LogP contribution is 2.29. The molecular weight excluding hydrogens is 335 g/mol. The number of hydrogen-bond acceptors (Lipinski definition) is 3. The third-order valence-corrected chi connectivity index (χ3v) is 3.62. The Morgan fingerprint density at radius 3 is 2.39 bits per heavy atom. The molecule has 1 amide bonds. The molecule has 116 valence electrons. The van der Waals surface area contributed by atoms with E-state index in [-0.39, 0.29) is 11.7 Å². The fraction of sp³-hybridized carbons (Fsp3) is 0. The van der Waals surface area contributed by atoms with Crippen LogP contribution in [0.1, 0.15) is 10.6 Å². The number of halogens is 2. The van der Waals surface area contributed by atoms with E-state index in [1.165, 1.54) is 0 Å². The molecule has 0 bridgehead atoms. The zero-order valence-corrected chi connectivity index (χ0v) is 13.4. The minimum absolute atomic E-state index is 0.166. The number of para-hydroxylation sites is 2. The molecule has 0 aliphatic heterocycles. The number of hydrogen-bond donors (Lipinski definition) is 2. The summed E-state index contributed by atoms with van der Waals surface area (Å²) in [4.78, 5) is 12.2. The molecule has 0 fully saturated rings. The van der Waals surface area contributed by atoms with Crippen LogP contribution in [0.2, 0.25) is 10.0 Å². The summed E-state index contributed by atoms with van der Waals surface area (Å²) in [5, 5.41) is 3.69. The van der Waals surface area contributed by atoms with Crippen molar-refractivity contribution in [3.63, 3.8) is 0 Å². The highest BCUT2D eigenvalue weighted by atomic mass is 35.5. The smallest absolute Gasteiger partial charge is 0.291 e. The van der Waals surface area contributed by atoms with Gasteiger partial charge in [0.2, 0.25) is 0 Å². The SMILES string of the molecule is Nc1ccccc1NC(=O)c1ccc(-c2cc(Cl)cc(Cl)c2)o1. The average molecular weight is 347 g/mol. The normalized spacial score (nSPS) is 10.5. The Labute approximate surface area is 142 Å². The molecular formula is C17H12Cl2N2O2. The van der Waals surface area contributed by atoms with E-state index in [4.69, 9.17) is 33.4 Å². The summed E-state index contributed by atoms with van der Waals surface area (Å²) < 4.78 is 5.58. The maximum absolute atomic E-state index is 12.2. The molecule has 0 aliphatic carbocycles. The van der Waals surface area contributed by atoms with E-state index in [1.807, 2.05) is 0 Å². The van der Waals surface area contributed by atoms with E-state index in [0.717, 1.165) is 0 Å². The Morgan fingerprint density at radius 2 is 1.70 bits per heavy atom. The van der Waals surface area contributed by atoms with Gasteiger partial charge in [-0.1, -0.05) is 35.3 Å².